The number of nitrogens with one attached hydrogen (secondary N) is 1. The van der Waals surface area contributed by atoms with Gasteiger partial charge in [-0.05, 0) is 37.0 Å². The van der Waals surface area contributed by atoms with E-state index in [1.54, 1.807) is 11.3 Å². The zero-order valence-electron chi connectivity index (χ0n) is 11.2. The highest BCUT2D eigenvalue weighted by atomic mass is 32.1. The van der Waals surface area contributed by atoms with Gasteiger partial charge in [0.15, 0.2) is 0 Å². The fraction of sp³-hybridized carbons (Fsp3) is 0.400. The third kappa shape index (κ3) is 4.33. The summed E-state index contributed by atoms with van der Waals surface area (Å²) in [6.07, 6.45) is 4.69. The number of benzene rings is 1. The summed E-state index contributed by atoms with van der Waals surface area (Å²) in [5.74, 6) is 0. The molecule has 2 rings (SSSR count). The second kappa shape index (κ2) is 7.26. The molecule has 19 heavy (non-hydrogen) atoms. The summed E-state index contributed by atoms with van der Waals surface area (Å²) < 4.78 is 0. The molecule has 0 aliphatic carbocycles. The first kappa shape index (κ1) is 14.0. The molecule has 1 heterocycles. The number of rotatable bonds is 7. The summed E-state index contributed by atoms with van der Waals surface area (Å²) in [7, 11) is 0. The van der Waals surface area contributed by atoms with E-state index >= 15 is 0 Å². The van der Waals surface area contributed by atoms with Gasteiger partial charge in [-0.15, -0.1) is 11.3 Å². The highest BCUT2D eigenvalue weighted by molar-refractivity contribution is 7.11. The van der Waals surface area contributed by atoms with Crippen molar-refractivity contribution in [1.29, 1.82) is 0 Å². The van der Waals surface area contributed by atoms with Crippen LogP contribution in [0.2, 0.25) is 0 Å². The van der Waals surface area contributed by atoms with Gasteiger partial charge in [0.05, 0.1) is 11.6 Å². The van der Waals surface area contributed by atoms with Crippen LogP contribution in [0, 0.1) is 0 Å². The van der Waals surface area contributed by atoms with Crippen molar-refractivity contribution in [2.45, 2.75) is 32.7 Å². The van der Waals surface area contributed by atoms with E-state index in [4.69, 9.17) is 5.11 Å². The highest BCUT2D eigenvalue weighted by Crippen LogP contribution is 2.17. The predicted molar refractivity (Wildman–Crippen MR) is 80.7 cm³/mol. The Morgan fingerprint density at radius 2 is 2.26 bits per heavy atom. The normalized spacial score (nSPS) is 10.6. The fourth-order valence-electron chi connectivity index (χ4n) is 1.90. The Morgan fingerprint density at radius 3 is 3.00 bits per heavy atom. The Labute approximate surface area is 118 Å². The second-order valence-corrected chi connectivity index (χ2v) is 5.65. The Morgan fingerprint density at radius 1 is 1.37 bits per heavy atom. The van der Waals surface area contributed by atoms with Gasteiger partial charge in [0.25, 0.3) is 0 Å². The van der Waals surface area contributed by atoms with Crippen molar-refractivity contribution in [2.75, 3.05) is 11.9 Å². The minimum Gasteiger partial charge on any atom is -0.396 e. The van der Waals surface area contributed by atoms with Gasteiger partial charge >= 0.3 is 0 Å². The molecule has 0 fully saturated rings. The minimum absolute atomic E-state index is 0.248. The van der Waals surface area contributed by atoms with Crippen LogP contribution in [0.3, 0.4) is 0 Å². The molecular formula is C15H20N2OS. The zero-order valence-corrected chi connectivity index (χ0v) is 12.0. The van der Waals surface area contributed by atoms with E-state index in [1.165, 1.54) is 15.4 Å². The topological polar surface area (TPSA) is 45.2 Å². The van der Waals surface area contributed by atoms with Gasteiger partial charge in [-0.2, -0.15) is 0 Å². The monoisotopic (exact) mass is 276 g/mol. The number of aromatic nitrogens is 1. The molecule has 3 nitrogen and oxygen atoms in total. The molecule has 0 saturated carbocycles. The first-order valence-electron chi connectivity index (χ1n) is 6.69. The van der Waals surface area contributed by atoms with Gasteiger partial charge < -0.3 is 10.4 Å². The van der Waals surface area contributed by atoms with E-state index < -0.39 is 0 Å². The van der Waals surface area contributed by atoms with Crippen LogP contribution in [0.25, 0.3) is 0 Å². The average Bonchev–Trinajstić information content (AvgIpc) is 2.91. The quantitative estimate of drug-likeness (QED) is 0.816. The van der Waals surface area contributed by atoms with Crippen molar-refractivity contribution in [3.63, 3.8) is 0 Å². The van der Waals surface area contributed by atoms with Crippen LogP contribution in [0.1, 0.15) is 28.8 Å². The molecule has 1 aromatic carbocycles. The van der Waals surface area contributed by atoms with Gasteiger partial charge in [0.2, 0.25) is 0 Å². The maximum absolute atomic E-state index is 8.85. The van der Waals surface area contributed by atoms with Crippen LogP contribution >= 0.6 is 11.3 Å². The van der Waals surface area contributed by atoms with Gasteiger partial charge in [0.1, 0.15) is 0 Å². The number of hydrogen-bond acceptors (Lipinski definition) is 4. The number of hydrogen-bond donors (Lipinski definition) is 2. The van der Waals surface area contributed by atoms with Crippen molar-refractivity contribution >= 4 is 17.0 Å². The minimum atomic E-state index is 0.248. The smallest absolute Gasteiger partial charge is 0.0925 e. The van der Waals surface area contributed by atoms with E-state index in [0.717, 1.165) is 31.5 Å². The van der Waals surface area contributed by atoms with Gasteiger partial charge in [-0.25, -0.2) is 4.98 Å². The van der Waals surface area contributed by atoms with Crippen molar-refractivity contribution in [3.8, 4) is 0 Å². The van der Waals surface area contributed by atoms with Crippen molar-refractivity contribution in [2.24, 2.45) is 0 Å². The molecule has 0 bridgehead atoms. The van der Waals surface area contributed by atoms with E-state index in [2.05, 4.69) is 41.5 Å². The summed E-state index contributed by atoms with van der Waals surface area (Å²) in [4.78, 5) is 5.62. The SMILES string of the molecule is CCc1ncc(CNc2cccc(CCCO)c2)s1. The Balaban J connectivity index is 1.91. The van der Waals surface area contributed by atoms with Gasteiger partial charge in [-0.1, -0.05) is 19.1 Å². The van der Waals surface area contributed by atoms with Gasteiger partial charge in [0, 0.05) is 23.4 Å². The van der Waals surface area contributed by atoms with Crippen LogP contribution < -0.4 is 5.32 Å². The van der Waals surface area contributed by atoms with Crippen molar-refractivity contribution in [1.82, 2.24) is 4.98 Å². The van der Waals surface area contributed by atoms with Crippen LogP contribution in [0.15, 0.2) is 30.5 Å². The van der Waals surface area contributed by atoms with E-state index in [-0.39, 0.29) is 6.61 Å². The lowest BCUT2D eigenvalue weighted by Crippen LogP contribution is -1.98. The Hall–Kier alpha value is -1.39. The number of aryl methyl sites for hydroxylation is 2. The molecule has 4 heteroatoms. The Kier molecular flexibility index (Phi) is 5.36. The number of aliphatic hydroxyl groups excluding tert-OH is 1. The third-order valence-corrected chi connectivity index (χ3v) is 4.06. The van der Waals surface area contributed by atoms with Crippen LogP contribution in [0.5, 0.6) is 0 Å². The van der Waals surface area contributed by atoms with Crippen LogP contribution in [-0.4, -0.2) is 16.7 Å². The van der Waals surface area contributed by atoms with Crippen LogP contribution in [0.4, 0.5) is 5.69 Å². The molecule has 0 amide bonds. The number of aliphatic hydroxyl groups is 1. The van der Waals surface area contributed by atoms with E-state index in [9.17, 15) is 0 Å². The molecule has 0 atom stereocenters. The molecule has 0 saturated heterocycles. The summed E-state index contributed by atoms with van der Waals surface area (Å²) >= 11 is 1.76. The van der Waals surface area contributed by atoms with Crippen LogP contribution in [-0.2, 0) is 19.4 Å². The maximum atomic E-state index is 8.85. The standard InChI is InChI=1S/C15H20N2OS/c1-2-15-17-11-14(19-15)10-16-13-7-3-5-12(9-13)6-4-8-18/h3,5,7,9,11,16,18H,2,4,6,8,10H2,1H3. The first-order chi connectivity index (χ1) is 9.31. The highest BCUT2D eigenvalue weighted by Gasteiger charge is 2.01. The Bertz CT molecular complexity index is 510. The molecule has 0 spiro atoms. The summed E-state index contributed by atoms with van der Waals surface area (Å²) in [6.45, 7) is 3.19. The zero-order chi connectivity index (χ0) is 13.5. The lowest BCUT2D eigenvalue weighted by molar-refractivity contribution is 0.288. The third-order valence-electron chi connectivity index (χ3n) is 2.92. The molecule has 2 aromatic rings. The summed E-state index contributed by atoms with van der Waals surface area (Å²) in [6, 6.07) is 8.38. The molecule has 102 valence electrons. The molecule has 2 N–H and O–H groups in total. The summed E-state index contributed by atoms with van der Waals surface area (Å²) in [5, 5.41) is 13.5. The number of nitrogens with zero attached hydrogens (tertiary/aromatic N) is 1. The van der Waals surface area contributed by atoms with Crippen molar-refractivity contribution in [3.05, 3.63) is 45.9 Å². The van der Waals surface area contributed by atoms with E-state index in [0.29, 0.717) is 0 Å². The molecule has 0 radical (unpaired) electrons. The largest absolute Gasteiger partial charge is 0.396 e. The predicted octanol–water partition coefficient (Wildman–Crippen LogP) is 3.24. The second-order valence-electron chi connectivity index (χ2n) is 4.45. The first-order valence-corrected chi connectivity index (χ1v) is 7.50. The fourth-order valence-corrected chi connectivity index (χ4v) is 2.70. The van der Waals surface area contributed by atoms with Gasteiger partial charge in [-0.3, -0.25) is 0 Å². The summed E-state index contributed by atoms with van der Waals surface area (Å²) in [5.41, 5.74) is 2.39. The molecule has 0 aliphatic heterocycles. The molecule has 0 unspecified atom stereocenters. The lowest BCUT2D eigenvalue weighted by atomic mass is 10.1. The van der Waals surface area contributed by atoms with Crippen molar-refractivity contribution < 1.29 is 5.11 Å². The van der Waals surface area contributed by atoms with E-state index in [1.807, 2.05) is 6.20 Å². The lowest BCUT2D eigenvalue weighted by Gasteiger charge is -2.07. The molecular weight excluding hydrogens is 256 g/mol. The average molecular weight is 276 g/mol. The molecule has 0 aliphatic rings. The molecule has 1 aromatic heterocycles. The number of thiazole rings is 1. The maximum Gasteiger partial charge on any atom is 0.0925 e. The number of anilines is 1.